The summed E-state index contributed by atoms with van der Waals surface area (Å²) in [5.74, 6) is 0.652. The smallest absolute Gasteiger partial charge is 0.133 e. The molecule has 1 aliphatic carbocycles. The molecule has 2 heterocycles. The van der Waals surface area contributed by atoms with Gasteiger partial charge in [-0.3, -0.25) is 0 Å². The van der Waals surface area contributed by atoms with E-state index in [0.717, 1.165) is 21.6 Å². The Labute approximate surface area is 117 Å². The highest BCUT2D eigenvalue weighted by atomic mass is 79.9. The average Bonchev–Trinajstić information content (AvgIpc) is 2.80. The van der Waals surface area contributed by atoms with E-state index in [1.165, 1.54) is 15.4 Å². The highest BCUT2D eigenvalue weighted by Gasteiger charge is 2.30. The van der Waals surface area contributed by atoms with Gasteiger partial charge in [-0.1, -0.05) is 0 Å². The Balaban J connectivity index is 1.90. The predicted molar refractivity (Wildman–Crippen MR) is 77.8 cm³/mol. The first-order chi connectivity index (χ1) is 8.13. The largest absolute Gasteiger partial charge is 0.328 e. The van der Waals surface area contributed by atoms with Crippen LogP contribution in [0, 0.1) is 6.92 Å². The van der Waals surface area contributed by atoms with E-state index in [0.29, 0.717) is 12.0 Å². The summed E-state index contributed by atoms with van der Waals surface area (Å²) in [6, 6.07) is 4.61. The van der Waals surface area contributed by atoms with Crippen molar-refractivity contribution in [2.75, 3.05) is 0 Å². The average molecular weight is 329 g/mol. The molecule has 1 aliphatic rings. The van der Waals surface area contributed by atoms with E-state index in [1.54, 1.807) is 11.3 Å². The SMILES string of the molecule is Cc1nc(-c2ccc(Br)s2)sc1C1CC(N)C1. The van der Waals surface area contributed by atoms with Gasteiger partial charge in [-0.05, 0) is 53.7 Å². The first kappa shape index (κ1) is 11.8. The molecule has 0 amide bonds. The molecule has 2 aromatic rings. The second-order valence-corrected chi connectivity index (χ2v) is 7.99. The zero-order chi connectivity index (χ0) is 12.0. The van der Waals surface area contributed by atoms with Gasteiger partial charge < -0.3 is 5.73 Å². The number of rotatable bonds is 2. The molecule has 2 nitrogen and oxygen atoms in total. The van der Waals surface area contributed by atoms with Crippen molar-refractivity contribution in [1.82, 2.24) is 4.98 Å². The third-order valence-electron chi connectivity index (χ3n) is 3.16. The normalized spacial score (nSPS) is 23.7. The lowest BCUT2D eigenvalue weighted by molar-refractivity contribution is 0.354. The first-order valence-electron chi connectivity index (χ1n) is 5.62. The summed E-state index contributed by atoms with van der Waals surface area (Å²) in [4.78, 5) is 7.38. The molecule has 1 saturated carbocycles. The quantitative estimate of drug-likeness (QED) is 0.899. The van der Waals surface area contributed by atoms with Crippen LogP contribution >= 0.6 is 38.6 Å². The van der Waals surface area contributed by atoms with Crippen LogP contribution in [0.3, 0.4) is 0 Å². The third kappa shape index (κ3) is 2.21. The molecular weight excluding hydrogens is 316 g/mol. The number of thiophene rings is 1. The monoisotopic (exact) mass is 328 g/mol. The molecule has 17 heavy (non-hydrogen) atoms. The highest BCUT2D eigenvalue weighted by molar-refractivity contribution is 9.11. The predicted octanol–water partition coefficient (Wildman–Crippen LogP) is 4.15. The van der Waals surface area contributed by atoms with Gasteiger partial charge in [0.05, 0.1) is 14.4 Å². The number of halogens is 1. The maximum Gasteiger partial charge on any atom is 0.133 e. The van der Waals surface area contributed by atoms with Crippen LogP contribution in [-0.2, 0) is 0 Å². The van der Waals surface area contributed by atoms with E-state index < -0.39 is 0 Å². The van der Waals surface area contributed by atoms with Crippen LogP contribution in [0.15, 0.2) is 15.9 Å². The summed E-state index contributed by atoms with van der Waals surface area (Å²) >= 11 is 7.07. The Bertz CT molecular complexity index is 540. The van der Waals surface area contributed by atoms with Crippen molar-refractivity contribution in [2.24, 2.45) is 5.73 Å². The van der Waals surface area contributed by atoms with Gasteiger partial charge in [0.1, 0.15) is 5.01 Å². The summed E-state index contributed by atoms with van der Waals surface area (Å²) in [5, 5.41) is 1.15. The lowest BCUT2D eigenvalue weighted by atomic mass is 9.79. The van der Waals surface area contributed by atoms with E-state index >= 15 is 0 Å². The maximum atomic E-state index is 5.86. The number of thiazole rings is 1. The van der Waals surface area contributed by atoms with E-state index in [9.17, 15) is 0 Å². The van der Waals surface area contributed by atoms with Gasteiger partial charge >= 0.3 is 0 Å². The van der Waals surface area contributed by atoms with E-state index in [4.69, 9.17) is 5.73 Å². The summed E-state index contributed by atoms with van der Waals surface area (Å²) in [6.07, 6.45) is 2.24. The van der Waals surface area contributed by atoms with Crippen molar-refractivity contribution >= 4 is 38.6 Å². The Morgan fingerprint density at radius 2 is 2.12 bits per heavy atom. The van der Waals surface area contributed by atoms with Gasteiger partial charge in [0.25, 0.3) is 0 Å². The molecular formula is C12H13BrN2S2. The topological polar surface area (TPSA) is 38.9 Å². The van der Waals surface area contributed by atoms with Crippen molar-refractivity contribution in [2.45, 2.75) is 31.7 Å². The lowest BCUT2D eigenvalue weighted by Gasteiger charge is -2.31. The van der Waals surface area contributed by atoms with Crippen LogP contribution in [0.5, 0.6) is 0 Å². The molecule has 0 radical (unpaired) electrons. The molecule has 0 saturated heterocycles. The van der Waals surface area contributed by atoms with Crippen molar-refractivity contribution in [1.29, 1.82) is 0 Å². The Morgan fingerprint density at radius 1 is 1.35 bits per heavy atom. The number of hydrogen-bond donors (Lipinski definition) is 1. The van der Waals surface area contributed by atoms with Crippen molar-refractivity contribution in [3.8, 4) is 9.88 Å². The Kier molecular flexibility index (Phi) is 3.11. The fraction of sp³-hybridized carbons (Fsp3) is 0.417. The third-order valence-corrected chi connectivity index (χ3v) is 6.27. The number of hydrogen-bond acceptors (Lipinski definition) is 4. The van der Waals surface area contributed by atoms with Gasteiger partial charge in [0, 0.05) is 10.9 Å². The number of aromatic nitrogens is 1. The van der Waals surface area contributed by atoms with Crippen LogP contribution in [0.25, 0.3) is 9.88 Å². The lowest BCUT2D eigenvalue weighted by Crippen LogP contribution is -2.34. The molecule has 0 aliphatic heterocycles. The Hall–Kier alpha value is -0.230. The summed E-state index contributed by atoms with van der Waals surface area (Å²) in [7, 11) is 0. The van der Waals surface area contributed by atoms with Gasteiger partial charge in [0.2, 0.25) is 0 Å². The molecule has 0 aromatic carbocycles. The molecule has 0 unspecified atom stereocenters. The molecule has 0 spiro atoms. The Morgan fingerprint density at radius 3 is 2.71 bits per heavy atom. The summed E-state index contributed by atoms with van der Waals surface area (Å²) < 4.78 is 1.16. The standard InChI is InChI=1S/C12H13BrN2S2/c1-6-11(7-4-8(14)5-7)17-12(15-6)9-2-3-10(13)16-9/h2-3,7-8H,4-5,14H2,1H3. The zero-order valence-electron chi connectivity index (χ0n) is 9.44. The van der Waals surface area contributed by atoms with Crippen LogP contribution in [0.4, 0.5) is 0 Å². The van der Waals surface area contributed by atoms with Crippen LogP contribution < -0.4 is 5.73 Å². The second-order valence-electron chi connectivity index (χ2n) is 4.50. The minimum absolute atomic E-state index is 0.404. The van der Waals surface area contributed by atoms with Crippen molar-refractivity contribution < 1.29 is 0 Å². The summed E-state index contributed by atoms with van der Waals surface area (Å²) in [5.41, 5.74) is 7.04. The van der Waals surface area contributed by atoms with Gasteiger partial charge in [-0.25, -0.2) is 4.98 Å². The van der Waals surface area contributed by atoms with Crippen LogP contribution in [-0.4, -0.2) is 11.0 Å². The van der Waals surface area contributed by atoms with Gasteiger partial charge in [-0.15, -0.1) is 22.7 Å². The number of nitrogens with zero attached hydrogens (tertiary/aromatic N) is 1. The maximum absolute atomic E-state index is 5.86. The number of aryl methyl sites for hydroxylation is 1. The fourth-order valence-electron chi connectivity index (χ4n) is 2.20. The van der Waals surface area contributed by atoms with Crippen molar-refractivity contribution in [3.05, 3.63) is 26.5 Å². The van der Waals surface area contributed by atoms with E-state index in [2.05, 4.69) is 40.0 Å². The molecule has 2 N–H and O–H groups in total. The molecule has 0 atom stereocenters. The number of nitrogens with two attached hydrogens (primary N) is 1. The highest BCUT2D eigenvalue weighted by Crippen LogP contribution is 2.43. The van der Waals surface area contributed by atoms with Gasteiger partial charge in [-0.2, -0.15) is 0 Å². The zero-order valence-corrected chi connectivity index (χ0v) is 12.7. The van der Waals surface area contributed by atoms with E-state index in [-0.39, 0.29) is 0 Å². The molecule has 5 heteroatoms. The van der Waals surface area contributed by atoms with E-state index in [1.807, 2.05) is 11.3 Å². The first-order valence-corrected chi connectivity index (χ1v) is 8.04. The second kappa shape index (κ2) is 4.46. The molecule has 0 bridgehead atoms. The molecule has 2 aromatic heterocycles. The van der Waals surface area contributed by atoms with Crippen LogP contribution in [0.2, 0.25) is 0 Å². The molecule has 90 valence electrons. The molecule has 1 fully saturated rings. The minimum Gasteiger partial charge on any atom is -0.328 e. The van der Waals surface area contributed by atoms with Crippen molar-refractivity contribution in [3.63, 3.8) is 0 Å². The summed E-state index contributed by atoms with van der Waals surface area (Å²) in [6.45, 7) is 2.11. The minimum atomic E-state index is 0.404. The van der Waals surface area contributed by atoms with Crippen LogP contribution in [0.1, 0.15) is 29.3 Å². The fourth-order valence-corrected chi connectivity index (χ4v) is 4.83. The molecule has 3 rings (SSSR count). The van der Waals surface area contributed by atoms with Gasteiger partial charge in [0.15, 0.2) is 0 Å².